The molecule has 36 heavy (non-hydrogen) atoms. The Bertz CT molecular complexity index is 1400. The van der Waals surface area contributed by atoms with Crippen LogP contribution in [0.1, 0.15) is 55.8 Å². The van der Waals surface area contributed by atoms with Crippen LogP contribution in [0.2, 0.25) is 0 Å². The molecule has 2 atom stereocenters. The van der Waals surface area contributed by atoms with Gasteiger partial charge in [-0.15, -0.1) is 0 Å². The number of hydrogen-bond acceptors (Lipinski definition) is 6. The largest absolute Gasteiger partial charge is 0.545 e. The van der Waals surface area contributed by atoms with Gasteiger partial charge in [-0.1, -0.05) is 57.2 Å². The lowest BCUT2D eigenvalue weighted by Gasteiger charge is -2.37. The third-order valence-electron chi connectivity index (χ3n) is 6.77. The number of nitrogens with one attached hydrogen (secondary N) is 1. The molecule has 0 radical (unpaired) electrons. The molecule has 1 aliphatic heterocycles. The van der Waals surface area contributed by atoms with Crippen molar-refractivity contribution in [1.29, 1.82) is 0 Å². The Morgan fingerprint density at radius 1 is 1.11 bits per heavy atom. The second-order valence-corrected chi connectivity index (χ2v) is 9.98. The molecule has 2 heterocycles. The highest BCUT2D eigenvalue weighted by atomic mass is 16.4. The van der Waals surface area contributed by atoms with Crippen LogP contribution in [-0.4, -0.2) is 17.7 Å². The maximum absolute atomic E-state index is 13.7. The highest BCUT2D eigenvalue weighted by Gasteiger charge is 2.47. The number of anilines is 2. The van der Waals surface area contributed by atoms with E-state index in [1.54, 1.807) is 36.1 Å². The molecule has 0 saturated heterocycles. The number of rotatable bonds is 4. The van der Waals surface area contributed by atoms with E-state index in [4.69, 9.17) is 4.42 Å². The van der Waals surface area contributed by atoms with Crippen LogP contribution in [0.5, 0.6) is 0 Å². The number of allylic oxidation sites excluding steroid dienone is 1. The second kappa shape index (κ2) is 8.82. The number of hydrogen-bond donors (Lipinski definition) is 1. The van der Waals surface area contributed by atoms with E-state index < -0.39 is 17.9 Å². The van der Waals surface area contributed by atoms with E-state index in [9.17, 15) is 19.5 Å². The number of carbonyl (C=O) groups excluding carboxylic acids is 3. The molecule has 184 valence electrons. The summed E-state index contributed by atoms with van der Waals surface area (Å²) >= 11 is 0. The molecular weight excluding hydrogens is 456 g/mol. The van der Waals surface area contributed by atoms with Gasteiger partial charge in [0.15, 0.2) is 0 Å². The predicted molar refractivity (Wildman–Crippen MR) is 134 cm³/mol. The van der Waals surface area contributed by atoms with Crippen LogP contribution in [0, 0.1) is 11.3 Å². The molecule has 5 rings (SSSR count). The van der Waals surface area contributed by atoms with Gasteiger partial charge in [0.05, 0.1) is 23.3 Å². The highest BCUT2D eigenvalue weighted by Crippen LogP contribution is 2.49. The molecule has 2 aromatic carbocycles. The van der Waals surface area contributed by atoms with Crippen LogP contribution in [-0.2, 0) is 9.59 Å². The number of amides is 1. The highest BCUT2D eigenvalue weighted by molar-refractivity contribution is 6.01. The van der Waals surface area contributed by atoms with Crippen LogP contribution >= 0.6 is 0 Å². The van der Waals surface area contributed by atoms with E-state index >= 15 is 0 Å². The molecule has 2 aliphatic rings. The first-order valence-corrected chi connectivity index (χ1v) is 12.0. The van der Waals surface area contributed by atoms with E-state index in [2.05, 4.69) is 11.4 Å². The van der Waals surface area contributed by atoms with Crippen molar-refractivity contribution in [2.75, 3.05) is 10.2 Å². The van der Waals surface area contributed by atoms with Crippen LogP contribution in [0.15, 0.2) is 76.9 Å². The van der Waals surface area contributed by atoms with Crippen molar-refractivity contribution in [1.82, 2.24) is 0 Å². The van der Waals surface area contributed by atoms with Crippen molar-refractivity contribution in [3.8, 4) is 11.3 Å². The van der Waals surface area contributed by atoms with Gasteiger partial charge in [-0.2, -0.15) is 0 Å². The van der Waals surface area contributed by atoms with Gasteiger partial charge in [-0.3, -0.25) is 14.5 Å². The van der Waals surface area contributed by atoms with Gasteiger partial charge < -0.3 is 19.6 Å². The molecule has 0 bridgehead atoms. The Kier molecular flexibility index (Phi) is 5.79. The summed E-state index contributed by atoms with van der Waals surface area (Å²) in [6.07, 6.45) is 2.67. The van der Waals surface area contributed by atoms with Gasteiger partial charge in [0.25, 0.3) is 0 Å². The van der Waals surface area contributed by atoms with E-state index in [-0.39, 0.29) is 29.1 Å². The SMILES string of the molecule is CCC(=O)N1c2ccccc2NC2=CC(C)(C)CC(=O)C2C1c1ccc(-c2cccc(C(=O)[O-])c2)o1. The minimum atomic E-state index is -1.28. The van der Waals surface area contributed by atoms with E-state index in [1.807, 2.05) is 38.1 Å². The Balaban J connectivity index is 1.70. The lowest BCUT2D eigenvalue weighted by molar-refractivity contribution is -0.255. The average molecular weight is 484 g/mol. The standard InChI is InChI=1S/C29H28N2O5/c1-4-25(33)31-21-11-6-5-10-19(21)30-20-15-29(2,3)16-22(32)26(20)27(31)24-13-12-23(36-24)17-8-7-9-18(14-17)28(34)35/h5-15,26-27,30H,4,16H2,1-3H3,(H,34,35)/p-1. The van der Waals surface area contributed by atoms with Gasteiger partial charge in [0.1, 0.15) is 23.3 Å². The summed E-state index contributed by atoms with van der Waals surface area (Å²) in [4.78, 5) is 40.1. The number of Topliss-reactive ketones (excluding diaryl/α,β-unsaturated/α-hetero) is 1. The van der Waals surface area contributed by atoms with Crippen LogP contribution in [0.25, 0.3) is 11.3 Å². The average Bonchev–Trinajstić information content (AvgIpc) is 3.27. The smallest absolute Gasteiger partial charge is 0.227 e. The summed E-state index contributed by atoms with van der Waals surface area (Å²) in [5.41, 5.74) is 2.44. The molecule has 0 spiro atoms. The summed E-state index contributed by atoms with van der Waals surface area (Å²) in [6.45, 7) is 5.83. The third-order valence-corrected chi connectivity index (χ3v) is 6.77. The maximum Gasteiger partial charge on any atom is 0.227 e. The normalized spacial score (nSPS) is 20.5. The fourth-order valence-electron chi connectivity index (χ4n) is 5.22. The second-order valence-electron chi connectivity index (χ2n) is 9.98. The van der Waals surface area contributed by atoms with Gasteiger partial charge in [0.2, 0.25) is 5.91 Å². The minimum absolute atomic E-state index is 0.0219. The molecule has 1 amide bonds. The van der Waals surface area contributed by atoms with Crippen molar-refractivity contribution in [3.05, 3.63) is 83.8 Å². The fraction of sp³-hybridized carbons (Fsp3) is 0.276. The van der Waals surface area contributed by atoms with Crippen LogP contribution in [0.3, 0.4) is 0 Å². The zero-order valence-electron chi connectivity index (χ0n) is 20.4. The number of nitrogens with zero attached hydrogens (tertiary/aromatic N) is 1. The maximum atomic E-state index is 13.7. The zero-order chi connectivity index (χ0) is 25.6. The summed E-state index contributed by atoms with van der Waals surface area (Å²) in [7, 11) is 0. The number of benzene rings is 2. The van der Waals surface area contributed by atoms with Crippen molar-refractivity contribution < 1.29 is 23.9 Å². The lowest BCUT2D eigenvalue weighted by atomic mass is 9.73. The number of carboxylic acids is 1. The van der Waals surface area contributed by atoms with Crippen molar-refractivity contribution in [2.45, 2.75) is 39.7 Å². The Labute approximate surface area is 209 Å². The van der Waals surface area contributed by atoms with E-state index in [1.165, 1.54) is 12.1 Å². The Morgan fingerprint density at radius 3 is 2.64 bits per heavy atom. The number of para-hydroxylation sites is 2. The first-order valence-electron chi connectivity index (χ1n) is 12.0. The van der Waals surface area contributed by atoms with Crippen LogP contribution < -0.4 is 15.3 Å². The zero-order valence-corrected chi connectivity index (χ0v) is 20.4. The van der Waals surface area contributed by atoms with Gasteiger partial charge in [-0.05, 0) is 41.3 Å². The summed E-state index contributed by atoms with van der Waals surface area (Å²) in [5.74, 6) is -1.14. The summed E-state index contributed by atoms with van der Waals surface area (Å²) in [6, 6.07) is 16.6. The molecular formula is C29H27N2O5-. The third kappa shape index (κ3) is 4.11. The van der Waals surface area contributed by atoms with Crippen molar-refractivity contribution >= 4 is 29.0 Å². The van der Waals surface area contributed by atoms with E-state index in [0.29, 0.717) is 29.2 Å². The first kappa shape index (κ1) is 23.6. The minimum Gasteiger partial charge on any atom is -0.545 e. The molecule has 0 saturated carbocycles. The van der Waals surface area contributed by atoms with Gasteiger partial charge >= 0.3 is 0 Å². The molecule has 1 N–H and O–H groups in total. The molecule has 7 heteroatoms. The number of furan rings is 1. The molecule has 1 aromatic heterocycles. The number of carboxylic acid groups (broad SMARTS) is 1. The van der Waals surface area contributed by atoms with Crippen LogP contribution in [0.4, 0.5) is 11.4 Å². The predicted octanol–water partition coefficient (Wildman–Crippen LogP) is 4.72. The molecule has 2 unspecified atom stereocenters. The monoisotopic (exact) mass is 483 g/mol. The van der Waals surface area contributed by atoms with Crippen molar-refractivity contribution in [2.24, 2.45) is 11.3 Å². The molecule has 0 fully saturated rings. The molecule has 1 aliphatic carbocycles. The van der Waals surface area contributed by atoms with Gasteiger partial charge in [0, 0.05) is 24.1 Å². The fourth-order valence-corrected chi connectivity index (χ4v) is 5.22. The number of carbonyl (C=O) groups is 3. The molecule has 7 nitrogen and oxygen atoms in total. The quantitative estimate of drug-likeness (QED) is 0.576. The summed E-state index contributed by atoms with van der Waals surface area (Å²) in [5, 5.41) is 14.8. The van der Waals surface area contributed by atoms with Gasteiger partial charge in [-0.25, -0.2) is 0 Å². The number of fused-ring (bicyclic) bond motifs is 2. The lowest BCUT2D eigenvalue weighted by Crippen LogP contribution is -2.43. The summed E-state index contributed by atoms with van der Waals surface area (Å²) < 4.78 is 6.27. The topological polar surface area (TPSA) is 103 Å². The van der Waals surface area contributed by atoms with Crippen molar-refractivity contribution in [3.63, 3.8) is 0 Å². The first-order chi connectivity index (χ1) is 17.2. The Hall–Kier alpha value is -4.13. The Morgan fingerprint density at radius 2 is 1.89 bits per heavy atom. The number of aromatic carboxylic acids is 1. The number of ketones is 1. The molecule has 3 aromatic rings. The van der Waals surface area contributed by atoms with E-state index in [0.717, 1.165) is 11.4 Å².